The van der Waals surface area contributed by atoms with E-state index in [1.54, 1.807) is 24.3 Å². The molecule has 0 aliphatic carbocycles. The summed E-state index contributed by atoms with van der Waals surface area (Å²) >= 11 is 0. The molecule has 0 aliphatic heterocycles. The first-order chi connectivity index (χ1) is 9.36. The Bertz CT molecular complexity index is 721. The predicted octanol–water partition coefficient (Wildman–Crippen LogP) is 1.81. The third-order valence-electron chi connectivity index (χ3n) is 2.62. The third-order valence-corrected chi connectivity index (χ3v) is 3.49. The number of rotatable bonds is 3. The number of aryl methyl sites for hydroxylation is 1. The molecule has 0 bridgehead atoms. The zero-order valence-corrected chi connectivity index (χ0v) is 11.4. The first-order valence-corrected chi connectivity index (χ1v) is 7.17. The molecule has 1 N–H and O–H groups in total. The summed E-state index contributed by atoms with van der Waals surface area (Å²) in [6, 6.07) is 11.8. The van der Waals surface area contributed by atoms with Gasteiger partial charge in [0.1, 0.15) is 5.75 Å². The van der Waals surface area contributed by atoms with Crippen molar-refractivity contribution in [1.82, 2.24) is 0 Å². The molecule has 0 spiro atoms. The Morgan fingerprint density at radius 3 is 2.00 bits per heavy atom. The molecule has 2 aromatic carbocycles. The van der Waals surface area contributed by atoms with Crippen molar-refractivity contribution in [2.24, 2.45) is 0 Å². The molecule has 0 atom stereocenters. The summed E-state index contributed by atoms with van der Waals surface area (Å²) in [5, 5.41) is 0. The summed E-state index contributed by atoms with van der Waals surface area (Å²) in [5.74, 6) is -0.340. The van der Waals surface area contributed by atoms with Crippen LogP contribution in [0.1, 0.15) is 15.9 Å². The van der Waals surface area contributed by atoms with Crippen LogP contribution < -0.4 is 4.74 Å². The van der Waals surface area contributed by atoms with Crippen LogP contribution >= 0.6 is 0 Å². The van der Waals surface area contributed by atoms with E-state index >= 15 is 0 Å². The fraction of sp³-hybridized carbons (Fsp3) is 0.0714. The van der Waals surface area contributed by atoms with Crippen molar-refractivity contribution in [1.29, 1.82) is 0 Å². The zero-order chi connectivity index (χ0) is 14.8. The van der Waals surface area contributed by atoms with Crippen molar-refractivity contribution in [2.75, 3.05) is 0 Å². The third kappa shape index (κ3) is 4.94. The van der Waals surface area contributed by atoms with E-state index in [4.69, 9.17) is 9.29 Å². The number of carbonyl (C=O) groups excluding carboxylic acids is 1. The van der Waals surface area contributed by atoms with E-state index in [9.17, 15) is 13.2 Å². The van der Waals surface area contributed by atoms with Gasteiger partial charge in [0.15, 0.2) is 0 Å². The van der Waals surface area contributed by atoms with Crippen LogP contribution in [0.3, 0.4) is 0 Å². The van der Waals surface area contributed by atoms with Gasteiger partial charge in [-0.25, -0.2) is 4.79 Å². The average molecular weight is 316 g/mol. The summed E-state index contributed by atoms with van der Waals surface area (Å²) in [4.78, 5) is 11.6. The Labute approximate surface area is 145 Å². The van der Waals surface area contributed by atoms with Gasteiger partial charge in [-0.1, -0.05) is 17.7 Å². The van der Waals surface area contributed by atoms with Crippen LogP contribution in [-0.4, -0.2) is 48.5 Å². The minimum absolute atomic E-state index is 0. The van der Waals surface area contributed by atoms with Crippen molar-refractivity contribution in [2.45, 2.75) is 11.8 Å². The fourth-order valence-electron chi connectivity index (χ4n) is 1.54. The molecule has 106 valence electrons. The van der Waals surface area contributed by atoms with Crippen LogP contribution in [0, 0.1) is 6.92 Å². The number of carbonyl (C=O) groups is 1. The summed E-state index contributed by atoms with van der Waals surface area (Å²) in [7, 11) is -4.25. The van der Waals surface area contributed by atoms with E-state index in [0.29, 0.717) is 5.56 Å². The van der Waals surface area contributed by atoms with Gasteiger partial charge in [0.2, 0.25) is 0 Å². The van der Waals surface area contributed by atoms with Gasteiger partial charge in [0, 0.05) is 0 Å². The monoisotopic (exact) mass is 316 g/mol. The van der Waals surface area contributed by atoms with Gasteiger partial charge in [-0.05, 0) is 43.3 Å². The second-order valence-corrected chi connectivity index (χ2v) is 5.62. The maximum atomic E-state index is 11.8. The Morgan fingerprint density at radius 2 is 1.52 bits per heavy atom. The van der Waals surface area contributed by atoms with Crippen LogP contribution in [0.25, 0.3) is 0 Å². The van der Waals surface area contributed by atoms with E-state index in [2.05, 4.69) is 0 Å². The molecule has 2 aromatic rings. The minimum atomic E-state index is -4.25. The van der Waals surface area contributed by atoms with Crippen LogP contribution in [0.5, 0.6) is 5.75 Å². The number of hydrogen-bond donors (Lipinski definition) is 1. The summed E-state index contributed by atoms with van der Waals surface area (Å²) < 4.78 is 35.7. The van der Waals surface area contributed by atoms with Gasteiger partial charge in [-0.2, -0.15) is 8.42 Å². The number of hydrogen-bond acceptors (Lipinski definition) is 4. The Morgan fingerprint density at radius 1 is 1.00 bits per heavy atom. The van der Waals surface area contributed by atoms with Crippen molar-refractivity contribution in [3.05, 3.63) is 59.7 Å². The molecule has 7 heteroatoms. The molecule has 0 saturated heterocycles. The molecular formula is C14H13NaO5S. The Hall–Kier alpha value is -1.18. The second kappa shape index (κ2) is 7.20. The van der Waals surface area contributed by atoms with Crippen LogP contribution in [0.2, 0.25) is 0 Å². The topological polar surface area (TPSA) is 80.7 Å². The van der Waals surface area contributed by atoms with Crippen molar-refractivity contribution in [3.63, 3.8) is 0 Å². The molecular weight excluding hydrogens is 303 g/mol. The van der Waals surface area contributed by atoms with Crippen molar-refractivity contribution < 1.29 is 22.5 Å². The second-order valence-electron chi connectivity index (χ2n) is 4.20. The molecule has 0 radical (unpaired) electrons. The first kappa shape index (κ1) is 17.9. The number of esters is 1. The number of ether oxygens (including phenoxy) is 1. The molecule has 0 aliphatic rings. The van der Waals surface area contributed by atoms with E-state index in [1.165, 1.54) is 12.1 Å². The molecule has 0 saturated carbocycles. The Balaban J connectivity index is 0.00000220. The standard InChI is InChI=1S/C14H12O5S.Na.H/c1-10-2-4-11(5-3-10)14(15)19-12-6-8-13(9-7-12)20(16,17)18;;/h2-9H,1H3,(H,16,17,18);;. The van der Waals surface area contributed by atoms with Gasteiger partial charge < -0.3 is 4.74 Å². The molecule has 0 amide bonds. The SMILES string of the molecule is Cc1ccc(C(=O)Oc2ccc(S(=O)(=O)O)cc2)cc1.[NaH]. The average Bonchev–Trinajstić information content (AvgIpc) is 2.39. The van der Waals surface area contributed by atoms with E-state index < -0.39 is 16.1 Å². The van der Waals surface area contributed by atoms with Crippen LogP contribution in [-0.2, 0) is 10.1 Å². The summed E-state index contributed by atoms with van der Waals surface area (Å²) in [6.45, 7) is 1.91. The molecule has 5 nitrogen and oxygen atoms in total. The van der Waals surface area contributed by atoms with Gasteiger partial charge in [0.05, 0.1) is 10.5 Å². The van der Waals surface area contributed by atoms with Crippen LogP contribution in [0.15, 0.2) is 53.4 Å². The van der Waals surface area contributed by atoms with Crippen LogP contribution in [0.4, 0.5) is 0 Å². The predicted molar refractivity (Wildman–Crippen MR) is 79.5 cm³/mol. The van der Waals surface area contributed by atoms with Crippen molar-refractivity contribution >= 4 is 45.6 Å². The molecule has 0 unspecified atom stereocenters. The quantitative estimate of drug-likeness (QED) is 0.404. The molecule has 21 heavy (non-hydrogen) atoms. The molecule has 0 aromatic heterocycles. The zero-order valence-electron chi connectivity index (χ0n) is 10.6. The maximum absolute atomic E-state index is 11.8. The normalized spacial score (nSPS) is 10.6. The summed E-state index contributed by atoms with van der Waals surface area (Å²) in [5.41, 5.74) is 1.42. The molecule has 0 heterocycles. The van der Waals surface area contributed by atoms with E-state index in [1.807, 2.05) is 6.92 Å². The van der Waals surface area contributed by atoms with Gasteiger partial charge in [-0.3, -0.25) is 4.55 Å². The van der Waals surface area contributed by atoms with E-state index in [0.717, 1.165) is 17.7 Å². The first-order valence-electron chi connectivity index (χ1n) is 5.73. The van der Waals surface area contributed by atoms with Gasteiger partial charge >= 0.3 is 35.5 Å². The summed E-state index contributed by atoms with van der Waals surface area (Å²) in [6.07, 6.45) is 0. The number of benzene rings is 2. The van der Waals surface area contributed by atoms with Crippen molar-refractivity contribution in [3.8, 4) is 5.75 Å². The van der Waals surface area contributed by atoms with E-state index in [-0.39, 0.29) is 40.2 Å². The molecule has 2 rings (SSSR count). The Kier molecular flexibility index (Phi) is 6.12. The molecule has 0 fully saturated rings. The van der Waals surface area contributed by atoms with Gasteiger partial charge in [0.25, 0.3) is 10.1 Å². The fourth-order valence-corrected chi connectivity index (χ4v) is 2.02. The van der Waals surface area contributed by atoms with Gasteiger partial charge in [-0.15, -0.1) is 0 Å².